The number of rotatable bonds is 4. The molecule has 0 saturated heterocycles. The fraction of sp³-hybridized carbons (Fsp3) is 0.357. The average molecular weight is 275 g/mol. The molecular formula is C14H17N3O3. The van der Waals surface area contributed by atoms with Crippen LogP contribution in [0.15, 0.2) is 29.2 Å². The number of carboxylic acid groups (broad SMARTS) is 1. The van der Waals surface area contributed by atoms with Gasteiger partial charge in [0.05, 0.1) is 5.69 Å². The van der Waals surface area contributed by atoms with E-state index in [9.17, 15) is 9.59 Å². The van der Waals surface area contributed by atoms with Gasteiger partial charge in [0.2, 0.25) is 0 Å². The van der Waals surface area contributed by atoms with Crippen LogP contribution in [-0.4, -0.2) is 38.4 Å². The second kappa shape index (κ2) is 5.42. The maximum Gasteiger partial charge on any atom is 0.320 e. The third-order valence-corrected chi connectivity index (χ3v) is 3.31. The van der Waals surface area contributed by atoms with E-state index in [1.807, 2.05) is 19.1 Å². The molecule has 2 rings (SSSR count). The molecule has 0 aliphatic heterocycles. The van der Waals surface area contributed by atoms with Gasteiger partial charge in [0.15, 0.2) is 0 Å². The number of nitrogens with zero attached hydrogens (tertiary/aromatic N) is 3. The monoisotopic (exact) mass is 275 g/mol. The summed E-state index contributed by atoms with van der Waals surface area (Å²) in [5.74, 6) is -0.902. The zero-order valence-electron chi connectivity index (χ0n) is 11.7. The van der Waals surface area contributed by atoms with Gasteiger partial charge in [-0.15, -0.1) is 0 Å². The number of hydrogen-bond acceptors (Lipinski definition) is 4. The van der Waals surface area contributed by atoms with Gasteiger partial charge in [-0.1, -0.05) is 0 Å². The molecule has 2 aromatic heterocycles. The minimum atomic E-state index is -0.902. The SMILES string of the molecule is Cc1ccn2c(=O)cc(CN(C)C(C)C(=O)O)nc2c1. The Morgan fingerprint density at radius 3 is 2.85 bits per heavy atom. The lowest BCUT2D eigenvalue weighted by atomic mass is 10.2. The van der Waals surface area contributed by atoms with Gasteiger partial charge in [0.25, 0.3) is 5.56 Å². The molecule has 0 bridgehead atoms. The quantitative estimate of drug-likeness (QED) is 0.897. The molecule has 0 aliphatic rings. The highest BCUT2D eigenvalue weighted by atomic mass is 16.4. The highest BCUT2D eigenvalue weighted by Gasteiger charge is 2.17. The van der Waals surface area contributed by atoms with E-state index >= 15 is 0 Å². The summed E-state index contributed by atoms with van der Waals surface area (Å²) in [6.07, 6.45) is 1.69. The molecule has 2 heterocycles. The van der Waals surface area contributed by atoms with Crippen LogP contribution in [0.4, 0.5) is 0 Å². The van der Waals surface area contributed by atoms with Crippen molar-refractivity contribution in [1.82, 2.24) is 14.3 Å². The third kappa shape index (κ3) is 2.85. The second-order valence-corrected chi connectivity index (χ2v) is 4.95. The molecule has 0 aliphatic carbocycles. The first kappa shape index (κ1) is 14.2. The fourth-order valence-electron chi connectivity index (χ4n) is 1.92. The van der Waals surface area contributed by atoms with Crippen molar-refractivity contribution >= 4 is 11.6 Å². The number of fused-ring (bicyclic) bond motifs is 1. The zero-order chi connectivity index (χ0) is 14.9. The normalized spacial score (nSPS) is 12.8. The Bertz CT molecular complexity index is 708. The second-order valence-electron chi connectivity index (χ2n) is 4.95. The molecule has 20 heavy (non-hydrogen) atoms. The number of likely N-dealkylation sites (N-methyl/N-ethyl adjacent to an activating group) is 1. The Hall–Kier alpha value is -2.21. The molecule has 0 saturated carbocycles. The van der Waals surface area contributed by atoms with Crippen molar-refractivity contribution in [2.75, 3.05) is 7.05 Å². The number of pyridine rings is 1. The van der Waals surface area contributed by atoms with Crippen LogP contribution >= 0.6 is 0 Å². The van der Waals surface area contributed by atoms with Crippen LogP contribution in [0.2, 0.25) is 0 Å². The summed E-state index contributed by atoms with van der Waals surface area (Å²) in [4.78, 5) is 29.0. The van der Waals surface area contributed by atoms with Crippen LogP contribution in [-0.2, 0) is 11.3 Å². The molecule has 106 valence electrons. The van der Waals surface area contributed by atoms with Crippen molar-refractivity contribution in [2.45, 2.75) is 26.4 Å². The molecule has 0 amide bonds. The summed E-state index contributed by atoms with van der Waals surface area (Å²) >= 11 is 0. The summed E-state index contributed by atoms with van der Waals surface area (Å²) in [5.41, 5.74) is 1.99. The molecular weight excluding hydrogens is 258 g/mol. The minimum absolute atomic E-state index is 0.165. The predicted octanol–water partition coefficient (Wildman–Crippen LogP) is 0.908. The van der Waals surface area contributed by atoms with Crippen LogP contribution < -0.4 is 5.56 Å². The van der Waals surface area contributed by atoms with E-state index in [0.29, 0.717) is 17.9 Å². The van der Waals surface area contributed by atoms with Gasteiger partial charge in [-0.05, 0) is 38.6 Å². The van der Waals surface area contributed by atoms with Gasteiger partial charge in [0.1, 0.15) is 11.7 Å². The van der Waals surface area contributed by atoms with E-state index in [1.54, 1.807) is 25.1 Å². The lowest BCUT2D eigenvalue weighted by molar-refractivity contribution is -0.142. The Morgan fingerprint density at radius 1 is 1.50 bits per heavy atom. The topological polar surface area (TPSA) is 74.9 Å². The zero-order valence-corrected chi connectivity index (χ0v) is 11.7. The number of carboxylic acids is 1. The lowest BCUT2D eigenvalue weighted by Gasteiger charge is -2.20. The van der Waals surface area contributed by atoms with Crippen LogP contribution in [0, 0.1) is 6.92 Å². The Morgan fingerprint density at radius 2 is 2.20 bits per heavy atom. The molecule has 0 fully saturated rings. The van der Waals surface area contributed by atoms with E-state index in [4.69, 9.17) is 5.11 Å². The smallest absolute Gasteiger partial charge is 0.320 e. The van der Waals surface area contributed by atoms with Crippen LogP contribution in [0.5, 0.6) is 0 Å². The van der Waals surface area contributed by atoms with Gasteiger partial charge in [0, 0.05) is 18.8 Å². The van der Waals surface area contributed by atoms with Gasteiger partial charge in [-0.2, -0.15) is 0 Å². The van der Waals surface area contributed by atoms with Gasteiger partial charge in [-0.3, -0.25) is 18.9 Å². The summed E-state index contributed by atoms with van der Waals surface area (Å²) in [7, 11) is 1.69. The predicted molar refractivity (Wildman–Crippen MR) is 74.8 cm³/mol. The molecule has 2 aromatic rings. The fourth-order valence-corrected chi connectivity index (χ4v) is 1.92. The third-order valence-electron chi connectivity index (χ3n) is 3.31. The Kier molecular flexibility index (Phi) is 3.85. The summed E-state index contributed by atoms with van der Waals surface area (Å²) < 4.78 is 1.47. The average Bonchev–Trinajstić information content (AvgIpc) is 2.36. The summed E-state index contributed by atoms with van der Waals surface area (Å²) in [6, 6.07) is 4.47. The molecule has 0 spiro atoms. The van der Waals surface area contributed by atoms with Crippen molar-refractivity contribution in [1.29, 1.82) is 0 Å². The molecule has 0 aromatic carbocycles. The lowest BCUT2D eigenvalue weighted by Crippen LogP contribution is -2.35. The number of aryl methyl sites for hydroxylation is 1. The van der Waals surface area contributed by atoms with Crippen molar-refractivity contribution < 1.29 is 9.90 Å². The number of hydrogen-bond donors (Lipinski definition) is 1. The van der Waals surface area contributed by atoms with E-state index in [2.05, 4.69) is 4.98 Å². The number of aromatic nitrogens is 2. The minimum Gasteiger partial charge on any atom is -0.480 e. The molecule has 1 N–H and O–H groups in total. The van der Waals surface area contributed by atoms with Crippen molar-refractivity contribution in [3.05, 3.63) is 46.0 Å². The Balaban J connectivity index is 2.36. The van der Waals surface area contributed by atoms with Crippen molar-refractivity contribution in [2.24, 2.45) is 0 Å². The van der Waals surface area contributed by atoms with E-state index < -0.39 is 12.0 Å². The first-order chi connectivity index (χ1) is 9.38. The molecule has 6 nitrogen and oxygen atoms in total. The van der Waals surface area contributed by atoms with E-state index in [0.717, 1.165) is 5.56 Å². The van der Waals surface area contributed by atoms with Crippen LogP contribution in [0.1, 0.15) is 18.2 Å². The van der Waals surface area contributed by atoms with Gasteiger partial charge >= 0.3 is 5.97 Å². The van der Waals surface area contributed by atoms with Crippen LogP contribution in [0.25, 0.3) is 5.65 Å². The molecule has 0 radical (unpaired) electrons. The summed E-state index contributed by atoms with van der Waals surface area (Å²) in [5, 5.41) is 8.97. The first-order valence-electron chi connectivity index (χ1n) is 6.30. The standard InChI is InChI=1S/C14H17N3O3/c1-9-4-5-17-12(6-9)15-11(7-13(17)18)8-16(3)10(2)14(19)20/h4-7,10H,8H2,1-3H3,(H,19,20). The maximum atomic E-state index is 12.0. The van der Waals surface area contributed by atoms with Gasteiger partial charge < -0.3 is 5.11 Å². The van der Waals surface area contributed by atoms with E-state index in [-0.39, 0.29) is 5.56 Å². The Labute approximate surface area is 116 Å². The van der Waals surface area contributed by atoms with Crippen molar-refractivity contribution in [3.63, 3.8) is 0 Å². The highest BCUT2D eigenvalue weighted by Crippen LogP contribution is 2.06. The van der Waals surface area contributed by atoms with E-state index in [1.165, 1.54) is 10.5 Å². The van der Waals surface area contributed by atoms with Gasteiger partial charge in [-0.25, -0.2) is 4.98 Å². The molecule has 6 heteroatoms. The maximum absolute atomic E-state index is 12.0. The number of carbonyl (C=O) groups is 1. The number of aliphatic carboxylic acids is 1. The van der Waals surface area contributed by atoms with Crippen LogP contribution in [0.3, 0.4) is 0 Å². The largest absolute Gasteiger partial charge is 0.480 e. The molecule has 1 atom stereocenters. The van der Waals surface area contributed by atoms with Crippen molar-refractivity contribution in [3.8, 4) is 0 Å². The first-order valence-corrected chi connectivity index (χ1v) is 6.30. The highest BCUT2D eigenvalue weighted by molar-refractivity contribution is 5.72. The molecule has 1 unspecified atom stereocenters. The summed E-state index contributed by atoms with van der Waals surface area (Å²) in [6.45, 7) is 3.84.